The Labute approximate surface area is 184 Å². The van der Waals surface area contributed by atoms with Crippen LogP contribution in [0.2, 0.25) is 0 Å². The molecule has 6 N–H and O–H groups in total. The molecule has 0 spiro atoms. The van der Waals surface area contributed by atoms with Gasteiger partial charge < -0.3 is 21.1 Å². The number of aromatic nitrogens is 2. The molecule has 0 radical (unpaired) electrons. The molecule has 3 aromatic rings. The van der Waals surface area contributed by atoms with Gasteiger partial charge in [-0.25, -0.2) is 4.98 Å². The third-order valence-electron chi connectivity index (χ3n) is 5.50. The van der Waals surface area contributed by atoms with Crippen LogP contribution in [0.4, 0.5) is 0 Å². The number of H-pyrrole nitrogens is 1. The van der Waals surface area contributed by atoms with E-state index in [2.05, 4.69) is 20.6 Å². The molecule has 0 fully saturated rings. The summed E-state index contributed by atoms with van der Waals surface area (Å²) in [5.41, 5.74) is 8.53. The zero-order valence-corrected chi connectivity index (χ0v) is 18.3. The molecule has 0 saturated carbocycles. The van der Waals surface area contributed by atoms with Gasteiger partial charge in [0.1, 0.15) is 17.2 Å². The van der Waals surface area contributed by atoms with E-state index in [0.29, 0.717) is 18.1 Å². The topological polar surface area (TPSA) is 128 Å². The Bertz CT molecular complexity index is 1150. The van der Waals surface area contributed by atoms with Crippen LogP contribution in [-0.4, -0.2) is 46.5 Å². The van der Waals surface area contributed by atoms with Crippen molar-refractivity contribution < 1.29 is 9.90 Å². The fourth-order valence-corrected chi connectivity index (χ4v) is 4.73. The number of amides is 1. The summed E-state index contributed by atoms with van der Waals surface area (Å²) in [7, 11) is 1.65. The lowest BCUT2D eigenvalue weighted by atomic mass is 9.90. The molecule has 0 bridgehead atoms. The third-order valence-corrected chi connectivity index (χ3v) is 6.40. The summed E-state index contributed by atoms with van der Waals surface area (Å²) in [5.74, 6) is 0.941. The number of aryl methyl sites for hydroxylation is 1. The molecule has 31 heavy (non-hydrogen) atoms. The maximum atomic E-state index is 12.4. The zero-order chi connectivity index (χ0) is 22.0. The number of hydrogen-bond acceptors (Lipinski definition) is 6. The molecular formula is C22H26N6O2S. The van der Waals surface area contributed by atoms with Gasteiger partial charge in [-0.05, 0) is 48.6 Å². The first-order valence-electron chi connectivity index (χ1n) is 10.1. The average molecular weight is 439 g/mol. The Hall–Kier alpha value is -3.01. The summed E-state index contributed by atoms with van der Waals surface area (Å²) < 4.78 is 0. The smallest absolute Gasteiger partial charge is 0.226 e. The van der Waals surface area contributed by atoms with Gasteiger partial charge in [-0.15, -0.1) is 11.3 Å². The molecule has 1 amide bonds. The highest BCUT2D eigenvalue weighted by Crippen LogP contribution is 2.31. The van der Waals surface area contributed by atoms with Gasteiger partial charge in [0.2, 0.25) is 5.91 Å². The predicted octanol–water partition coefficient (Wildman–Crippen LogP) is 1.69. The summed E-state index contributed by atoms with van der Waals surface area (Å²) >= 11 is 1.64. The Morgan fingerprint density at radius 1 is 1.48 bits per heavy atom. The molecular weight excluding hydrogens is 412 g/mol. The quantitative estimate of drug-likeness (QED) is 0.283. The van der Waals surface area contributed by atoms with E-state index in [1.807, 2.05) is 42.6 Å². The van der Waals surface area contributed by atoms with Crippen molar-refractivity contribution in [3.05, 3.63) is 63.7 Å². The van der Waals surface area contributed by atoms with Crippen LogP contribution in [0.5, 0.6) is 0 Å². The number of amidine groups is 1. The lowest BCUT2D eigenvalue weighted by Gasteiger charge is -2.35. The van der Waals surface area contributed by atoms with Crippen molar-refractivity contribution in [3.8, 4) is 0 Å². The van der Waals surface area contributed by atoms with Crippen molar-refractivity contribution in [1.82, 2.24) is 20.6 Å². The lowest BCUT2D eigenvalue weighted by Crippen LogP contribution is -2.53. The number of thiophene rings is 1. The van der Waals surface area contributed by atoms with Crippen LogP contribution in [0.1, 0.15) is 28.2 Å². The summed E-state index contributed by atoms with van der Waals surface area (Å²) in [4.78, 5) is 25.8. The standard InChI is InChI=1S/C22H26N6O2S/c1-13-8-14(20(23)24-2)9-17-19(13)27-21(26-17)22(5-6-25-18(30)11-22)28-15(12-29)10-16-4-3-7-31-16/h3-9,15,28-29H,10-12H2,1-2H3,(H2,23,24)(H,25,30)(H,26,27)/t15?,22-/m1/s1. The molecule has 1 unspecified atom stereocenters. The van der Waals surface area contributed by atoms with E-state index in [9.17, 15) is 9.90 Å². The number of aliphatic hydroxyl groups excluding tert-OH is 1. The van der Waals surface area contributed by atoms with E-state index < -0.39 is 5.54 Å². The van der Waals surface area contributed by atoms with Crippen LogP contribution < -0.4 is 16.4 Å². The third kappa shape index (κ3) is 4.25. The fourth-order valence-electron chi connectivity index (χ4n) is 3.95. The van der Waals surface area contributed by atoms with Crippen LogP contribution in [0, 0.1) is 6.92 Å². The van der Waals surface area contributed by atoms with Crippen molar-refractivity contribution >= 4 is 34.1 Å². The number of carbonyl (C=O) groups excluding carboxylic acids is 1. The van der Waals surface area contributed by atoms with Crippen LogP contribution in [-0.2, 0) is 16.8 Å². The van der Waals surface area contributed by atoms with Gasteiger partial charge in [-0.1, -0.05) is 6.07 Å². The van der Waals surface area contributed by atoms with Crippen LogP contribution in [0.3, 0.4) is 0 Å². The van der Waals surface area contributed by atoms with Gasteiger partial charge in [0, 0.05) is 29.7 Å². The Morgan fingerprint density at radius 3 is 3.00 bits per heavy atom. The number of benzene rings is 1. The number of imidazole rings is 1. The molecule has 1 aromatic carbocycles. The van der Waals surface area contributed by atoms with Gasteiger partial charge in [-0.3, -0.25) is 15.1 Å². The highest BCUT2D eigenvalue weighted by atomic mass is 32.1. The lowest BCUT2D eigenvalue weighted by molar-refractivity contribution is -0.122. The molecule has 2 aromatic heterocycles. The van der Waals surface area contributed by atoms with Crippen molar-refractivity contribution in [1.29, 1.82) is 0 Å². The zero-order valence-electron chi connectivity index (χ0n) is 17.5. The molecule has 1 aliphatic heterocycles. The summed E-state index contributed by atoms with van der Waals surface area (Å²) in [6.45, 7) is 1.90. The summed E-state index contributed by atoms with van der Waals surface area (Å²) in [6.07, 6.45) is 4.33. The number of carbonyl (C=O) groups is 1. The normalized spacial score (nSPS) is 20.2. The number of aromatic amines is 1. The Kier molecular flexibility index (Phi) is 5.90. The van der Waals surface area contributed by atoms with E-state index >= 15 is 0 Å². The highest BCUT2D eigenvalue weighted by Gasteiger charge is 2.39. The summed E-state index contributed by atoms with van der Waals surface area (Å²) in [6, 6.07) is 7.64. The van der Waals surface area contributed by atoms with Gasteiger partial charge in [0.15, 0.2) is 0 Å². The van der Waals surface area contributed by atoms with E-state index in [0.717, 1.165) is 27.0 Å². The molecule has 162 valence electrons. The highest BCUT2D eigenvalue weighted by molar-refractivity contribution is 7.09. The molecule has 0 saturated heterocycles. The van der Waals surface area contributed by atoms with Crippen LogP contribution in [0.15, 0.2) is 46.9 Å². The average Bonchev–Trinajstić information content (AvgIpc) is 3.43. The number of aliphatic imine (C=N–C) groups is 1. The first-order chi connectivity index (χ1) is 14.9. The first kappa shape index (κ1) is 21.2. The Balaban J connectivity index is 1.76. The van der Waals surface area contributed by atoms with Crippen molar-refractivity contribution in [2.24, 2.45) is 10.7 Å². The number of rotatable bonds is 7. The number of aliphatic hydroxyl groups is 1. The SMILES string of the molecule is CN=C(N)c1cc(C)c2nc([C@@]3(NC(CO)Cc4cccs4)C=CNC(=O)C3)[nH]c2c1. The molecule has 4 rings (SSSR count). The maximum Gasteiger partial charge on any atom is 0.226 e. The van der Waals surface area contributed by atoms with Crippen LogP contribution in [0.25, 0.3) is 11.0 Å². The molecule has 1 aliphatic rings. The molecule has 3 heterocycles. The van der Waals surface area contributed by atoms with E-state index in [1.54, 1.807) is 24.6 Å². The van der Waals surface area contributed by atoms with Crippen molar-refractivity contribution in [3.63, 3.8) is 0 Å². The second-order valence-corrected chi connectivity index (χ2v) is 8.77. The largest absolute Gasteiger partial charge is 0.395 e. The molecule has 8 nitrogen and oxygen atoms in total. The van der Waals surface area contributed by atoms with E-state index in [-0.39, 0.29) is 25.0 Å². The van der Waals surface area contributed by atoms with Gasteiger partial charge >= 0.3 is 0 Å². The second-order valence-electron chi connectivity index (χ2n) is 7.74. The van der Waals surface area contributed by atoms with Gasteiger partial charge in [0.25, 0.3) is 0 Å². The van der Waals surface area contributed by atoms with E-state index in [1.165, 1.54) is 0 Å². The fraction of sp³-hybridized carbons (Fsp3) is 0.318. The van der Waals surface area contributed by atoms with Crippen LogP contribution >= 0.6 is 11.3 Å². The van der Waals surface area contributed by atoms with E-state index in [4.69, 9.17) is 10.7 Å². The van der Waals surface area contributed by atoms with Crippen molar-refractivity contribution in [2.45, 2.75) is 31.3 Å². The monoisotopic (exact) mass is 438 g/mol. The minimum Gasteiger partial charge on any atom is -0.395 e. The number of nitrogens with one attached hydrogen (secondary N) is 3. The predicted molar refractivity (Wildman–Crippen MR) is 123 cm³/mol. The minimum absolute atomic E-state index is 0.0674. The number of hydrogen-bond donors (Lipinski definition) is 5. The van der Waals surface area contributed by atoms with Crippen molar-refractivity contribution in [2.75, 3.05) is 13.7 Å². The summed E-state index contributed by atoms with van der Waals surface area (Å²) in [5, 5.41) is 18.3. The number of nitrogens with two attached hydrogens (primary N) is 1. The van der Waals surface area contributed by atoms with Gasteiger partial charge in [-0.2, -0.15) is 0 Å². The molecule has 0 aliphatic carbocycles. The first-order valence-corrected chi connectivity index (χ1v) is 10.9. The Morgan fingerprint density at radius 2 is 2.32 bits per heavy atom. The second kappa shape index (κ2) is 8.62. The van der Waals surface area contributed by atoms with Gasteiger partial charge in [0.05, 0.1) is 24.1 Å². The minimum atomic E-state index is -0.872. The number of fused-ring (bicyclic) bond motifs is 1. The molecule has 2 atom stereocenters. The number of nitrogens with zero attached hydrogens (tertiary/aromatic N) is 2. The molecule has 9 heteroatoms. The maximum absolute atomic E-state index is 12.4.